The summed E-state index contributed by atoms with van der Waals surface area (Å²) in [6.07, 6.45) is 6.36. The van der Waals surface area contributed by atoms with Crippen LogP contribution >= 0.6 is 11.3 Å². The Hall–Kier alpha value is -1.74. The first-order chi connectivity index (χ1) is 15.5. The van der Waals surface area contributed by atoms with Crippen LogP contribution in [0.25, 0.3) is 0 Å². The average Bonchev–Trinajstić information content (AvgIpc) is 3.41. The van der Waals surface area contributed by atoms with Crippen LogP contribution in [0.3, 0.4) is 0 Å². The number of aromatic nitrogens is 2. The third-order valence-corrected chi connectivity index (χ3v) is 8.90. The van der Waals surface area contributed by atoms with Crippen molar-refractivity contribution in [2.45, 2.75) is 76.7 Å². The van der Waals surface area contributed by atoms with Crippen molar-refractivity contribution in [3.8, 4) is 0 Å². The Bertz CT molecular complexity index is 966. The molecule has 0 bridgehead atoms. The molecular formula is C24H34N4O3S. The van der Waals surface area contributed by atoms with Gasteiger partial charge in [-0.25, -0.2) is 0 Å². The van der Waals surface area contributed by atoms with Gasteiger partial charge in [0.25, 0.3) is 5.91 Å². The molecule has 0 aromatic carbocycles. The van der Waals surface area contributed by atoms with E-state index in [4.69, 9.17) is 9.84 Å². The van der Waals surface area contributed by atoms with Gasteiger partial charge in [0.15, 0.2) is 0 Å². The number of thiophene rings is 1. The zero-order chi connectivity index (χ0) is 22.3. The molecule has 8 heteroatoms. The largest absolute Gasteiger partial charge is 0.390 e. The number of carbonyl (C=O) groups is 1. The maximum atomic E-state index is 12.3. The number of piperidine rings is 1. The Morgan fingerprint density at radius 3 is 3.00 bits per heavy atom. The molecule has 7 nitrogen and oxygen atoms in total. The van der Waals surface area contributed by atoms with E-state index in [-0.39, 0.29) is 24.2 Å². The van der Waals surface area contributed by atoms with E-state index in [2.05, 4.69) is 40.3 Å². The van der Waals surface area contributed by atoms with Crippen LogP contribution in [0.4, 0.5) is 0 Å². The lowest BCUT2D eigenvalue weighted by Crippen LogP contribution is -2.54. The number of rotatable bonds is 6. The number of H-pyrrole nitrogens is 1. The Balaban J connectivity index is 1.12. The SMILES string of the molecule is CCc1cc2c(s1)CCO[C@@]21CCN(C[C@H]2C[C@@H](NC(=O)c3cc(CO)n[nH]3)C2)[C@@H](C)C1. The summed E-state index contributed by atoms with van der Waals surface area (Å²) in [5.74, 6) is 0.489. The molecule has 1 spiro atoms. The van der Waals surface area contributed by atoms with Gasteiger partial charge in [0.1, 0.15) is 5.69 Å². The zero-order valence-corrected chi connectivity index (χ0v) is 19.8. The van der Waals surface area contributed by atoms with E-state index < -0.39 is 0 Å². The number of hydrogen-bond acceptors (Lipinski definition) is 6. The van der Waals surface area contributed by atoms with Gasteiger partial charge in [-0.05, 0) is 62.6 Å². The fourth-order valence-corrected chi connectivity index (χ4v) is 6.88. The molecule has 1 saturated carbocycles. The van der Waals surface area contributed by atoms with Crippen LogP contribution in [-0.4, -0.2) is 57.9 Å². The van der Waals surface area contributed by atoms with Gasteiger partial charge >= 0.3 is 0 Å². The van der Waals surface area contributed by atoms with E-state index in [1.54, 1.807) is 10.9 Å². The minimum absolute atomic E-state index is 0.0823. The van der Waals surface area contributed by atoms with Gasteiger partial charge in [-0.15, -0.1) is 11.3 Å². The number of aliphatic hydroxyl groups excluding tert-OH is 1. The van der Waals surface area contributed by atoms with Crippen molar-refractivity contribution in [3.63, 3.8) is 0 Å². The number of aliphatic hydroxyl groups is 1. The third-order valence-electron chi connectivity index (χ3n) is 7.56. The highest BCUT2D eigenvalue weighted by Crippen LogP contribution is 2.46. The van der Waals surface area contributed by atoms with Crippen molar-refractivity contribution in [2.75, 3.05) is 19.7 Å². The first-order valence-electron chi connectivity index (χ1n) is 12.0. The fraction of sp³-hybridized carbons (Fsp3) is 0.667. The second kappa shape index (κ2) is 8.89. The number of ether oxygens (including phenoxy) is 1. The van der Waals surface area contributed by atoms with Crippen LogP contribution in [0, 0.1) is 5.92 Å². The van der Waals surface area contributed by atoms with E-state index in [1.807, 2.05) is 11.3 Å². The second-order valence-corrected chi connectivity index (χ2v) is 11.0. The quantitative estimate of drug-likeness (QED) is 0.619. The average molecular weight is 459 g/mol. The fourth-order valence-electron chi connectivity index (χ4n) is 5.70. The molecule has 3 aliphatic rings. The summed E-state index contributed by atoms with van der Waals surface area (Å²) in [6.45, 7) is 7.45. The molecule has 2 aliphatic heterocycles. The summed E-state index contributed by atoms with van der Waals surface area (Å²) in [4.78, 5) is 18.0. The van der Waals surface area contributed by atoms with Crippen molar-refractivity contribution in [3.05, 3.63) is 38.8 Å². The summed E-state index contributed by atoms with van der Waals surface area (Å²) < 4.78 is 6.48. The zero-order valence-electron chi connectivity index (χ0n) is 19.0. The van der Waals surface area contributed by atoms with Crippen LogP contribution in [-0.2, 0) is 29.8 Å². The predicted octanol–water partition coefficient (Wildman–Crippen LogP) is 2.99. The molecular weight excluding hydrogens is 424 g/mol. The molecule has 174 valence electrons. The van der Waals surface area contributed by atoms with Gasteiger partial charge in [0, 0.05) is 41.3 Å². The van der Waals surface area contributed by atoms with Gasteiger partial charge in [0.05, 0.1) is 24.5 Å². The molecule has 1 saturated heterocycles. The number of nitrogens with zero attached hydrogens (tertiary/aromatic N) is 2. The van der Waals surface area contributed by atoms with E-state index in [9.17, 15) is 4.79 Å². The lowest BCUT2D eigenvalue weighted by Gasteiger charge is -2.49. The Labute approximate surface area is 193 Å². The second-order valence-electron chi connectivity index (χ2n) is 9.73. The molecule has 2 fully saturated rings. The summed E-state index contributed by atoms with van der Waals surface area (Å²) in [7, 11) is 0. The summed E-state index contributed by atoms with van der Waals surface area (Å²) in [5.41, 5.74) is 2.30. The molecule has 2 atom stereocenters. The number of hydrogen-bond donors (Lipinski definition) is 3. The van der Waals surface area contributed by atoms with E-state index in [0.717, 1.165) is 58.2 Å². The number of nitrogens with one attached hydrogen (secondary N) is 2. The first kappa shape index (κ1) is 22.1. The van der Waals surface area contributed by atoms with Gasteiger partial charge in [-0.1, -0.05) is 6.92 Å². The standard InChI is InChI=1S/C24H34N4O3S/c1-3-19-11-20-22(32-19)4-7-31-24(20)5-6-28(15(2)12-24)13-16-8-17(9-16)25-23(30)21-10-18(14-29)26-27-21/h10-11,15-17,29H,3-9,12-14H2,1-2H3,(H,25,30)(H,26,27)/t15-,16-,17+,24+/m0/s1. The van der Waals surface area contributed by atoms with E-state index >= 15 is 0 Å². The molecule has 4 heterocycles. The number of fused-ring (bicyclic) bond motifs is 2. The van der Waals surface area contributed by atoms with Gasteiger partial charge in [-0.3, -0.25) is 9.89 Å². The van der Waals surface area contributed by atoms with Crippen molar-refractivity contribution >= 4 is 17.2 Å². The maximum absolute atomic E-state index is 12.3. The van der Waals surface area contributed by atoms with Crippen molar-refractivity contribution < 1.29 is 14.6 Å². The van der Waals surface area contributed by atoms with Crippen LogP contribution < -0.4 is 5.32 Å². The predicted molar refractivity (Wildman–Crippen MR) is 124 cm³/mol. The molecule has 0 radical (unpaired) electrons. The molecule has 3 N–H and O–H groups in total. The molecule has 0 unspecified atom stereocenters. The van der Waals surface area contributed by atoms with Crippen LogP contribution in [0.2, 0.25) is 0 Å². The van der Waals surface area contributed by atoms with Gasteiger partial charge < -0.3 is 20.1 Å². The number of aryl methyl sites for hydroxylation is 1. The number of amides is 1. The van der Waals surface area contributed by atoms with Crippen LogP contribution in [0.15, 0.2) is 12.1 Å². The monoisotopic (exact) mass is 458 g/mol. The topological polar surface area (TPSA) is 90.5 Å². The van der Waals surface area contributed by atoms with Crippen molar-refractivity contribution in [1.82, 2.24) is 20.4 Å². The summed E-state index contributed by atoms with van der Waals surface area (Å²) in [5, 5.41) is 18.8. The highest BCUT2D eigenvalue weighted by atomic mass is 32.1. The van der Waals surface area contributed by atoms with Crippen molar-refractivity contribution in [1.29, 1.82) is 0 Å². The normalized spacial score (nSPS) is 30.2. The number of carbonyl (C=O) groups excluding carboxylic acids is 1. The Morgan fingerprint density at radius 1 is 1.44 bits per heavy atom. The third kappa shape index (κ3) is 4.14. The van der Waals surface area contributed by atoms with E-state index in [1.165, 1.54) is 10.4 Å². The Morgan fingerprint density at radius 2 is 2.28 bits per heavy atom. The van der Waals surface area contributed by atoms with Gasteiger partial charge in [-0.2, -0.15) is 5.10 Å². The highest BCUT2D eigenvalue weighted by molar-refractivity contribution is 7.12. The highest BCUT2D eigenvalue weighted by Gasteiger charge is 2.45. The number of likely N-dealkylation sites (tertiary alicyclic amines) is 1. The van der Waals surface area contributed by atoms with Crippen LogP contribution in [0.1, 0.15) is 71.0 Å². The summed E-state index contributed by atoms with van der Waals surface area (Å²) in [6, 6.07) is 4.74. The lowest BCUT2D eigenvalue weighted by molar-refractivity contribution is -0.114. The smallest absolute Gasteiger partial charge is 0.269 e. The number of aromatic amines is 1. The summed E-state index contributed by atoms with van der Waals surface area (Å²) >= 11 is 1.99. The lowest BCUT2D eigenvalue weighted by atomic mass is 9.76. The van der Waals surface area contributed by atoms with Crippen LogP contribution in [0.5, 0.6) is 0 Å². The first-order valence-corrected chi connectivity index (χ1v) is 12.8. The maximum Gasteiger partial charge on any atom is 0.269 e. The molecule has 1 amide bonds. The minimum Gasteiger partial charge on any atom is -0.390 e. The molecule has 5 rings (SSSR count). The molecule has 1 aliphatic carbocycles. The van der Waals surface area contributed by atoms with Gasteiger partial charge in [0.2, 0.25) is 0 Å². The molecule has 2 aromatic rings. The Kier molecular flexibility index (Phi) is 6.13. The van der Waals surface area contributed by atoms with Crippen molar-refractivity contribution in [2.24, 2.45) is 5.92 Å². The molecule has 32 heavy (non-hydrogen) atoms. The molecule has 2 aromatic heterocycles. The van der Waals surface area contributed by atoms with E-state index in [0.29, 0.717) is 23.3 Å². The minimum atomic E-state index is -0.164.